The Morgan fingerprint density at radius 3 is 2.32 bits per heavy atom. The van der Waals surface area contributed by atoms with Crippen LogP contribution in [-0.4, -0.2) is 37.0 Å². The molecule has 0 unspecified atom stereocenters. The van der Waals surface area contributed by atoms with E-state index in [9.17, 15) is 8.42 Å². The lowest BCUT2D eigenvalue weighted by Gasteiger charge is -2.18. The highest BCUT2D eigenvalue weighted by Gasteiger charge is 2.21. The van der Waals surface area contributed by atoms with Crippen LogP contribution in [0.1, 0.15) is 40.5 Å². The molecule has 0 amide bonds. The Balaban J connectivity index is 2.79. The Labute approximate surface area is 133 Å². The zero-order valence-corrected chi connectivity index (χ0v) is 14.6. The molecule has 0 aliphatic rings. The molecule has 0 aliphatic carbocycles. The zero-order valence-electron chi connectivity index (χ0n) is 13.8. The fourth-order valence-electron chi connectivity index (χ4n) is 2.02. The molecule has 0 saturated heterocycles. The van der Waals surface area contributed by atoms with Crippen LogP contribution >= 0.6 is 0 Å². The second kappa shape index (κ2) is 8.85. The van der Waals surface area contributed by atoms with Crippen molar-refractivity contribution in [2.45, 2.75) is 45.4 Å². The molecule has 0 bridgehead atoms. The third kappa shape index (κ3) is 4.78. The average molecular weight is 326 g/mol. The number of hydrazone groups is 1. The van der Waals surface area contributed by atoms with Crippen LogP contribution < -0.4 is 5.43 Å². The van der Waals surface area contributed by atoms with E-state index in [1.165, 1.54) is 10.5 Å². The molecule has 1 aromatic rings. The number of nitrogens with one attached hydrogen (secondary N) is 1. The van der Waals surface area contributed by atoms with Gasteiger partial charge in [-0.25, -0.2) is 13.4 Å². The third-order valence-electron chi connectivity index (χ3n) is 3.59. The van der Waals surface area contributed by atoms with Gasteiger partial charge < -0.3 is 0 Å². The second-order valence-electron chi connectivity index (χ2n) is 4.94. The Hall–Kier alpha value is -1.47. The van der Waals surface area contributed by atoms with Crippen molar-refractivity contribution < 1.29 is 8.42 Å². The van der Waals surface area contributed by atoms with Crippen molar-refractivity contribution in [1.82, 2.24) is 9.29 Å². The molecule has 22 heavy (non-hydrogen) atoms. The Bertz CT molecular complexity index is 562. The van der Waals surface area contributed by atoms with Crippen LogP contribution in [0.4, 0.5) is 5.82 Å². The molecule has 0 atom stereocenters. The molecular formula is C15H26N4O2S. The van der Waals surface area contributed by atoms with Gasteiger partial charge in [0.2, 0.25) is 10.0 Å². The van der Waals surface area contributed by atoms with Gasteiger partial charge in [0.1, 0.15) is 10.7 Å². The van der Waals surface area contributed by atoms with E-state index in [1.807, 2.05) is 20.1 Å². The van der Waals surface area contributed by atoms with Gasteiger partial charge in [0.05, 0.1) is 0 Å². The molecule has 7 heteroatoms. The lowest BCUT2D eigenvalue weighted by atomic mass is 10.1. The van der Waals surface area contributed by atoms with E-state index in [1.54, 1.807) is 12.1 Å². The quantitative estimate of drug-likeness (QED) is 0.559. The molecule has 0 saturated carbocycles. The van der Waals surface area contributed by atoms with Gasteiger partial charge in [0, 0.05) is 25.5 Å². The SMILES string of the molecule is CCC(/C=N/Nc1ccc(S(=O)(=O)N(CC)CC)cn1)CC. The summed E-state index contributed by atoms with van der Waals surface area (Å²) >= 11 is 0. The fourth-order valence-corrected chi connectivity index (χ4v) is 3.42. The summed E-state index contributed by atoms with van der Waals surface area (Å²) in [5.74, 6) is 0.968. The summed E-state index contributed by atoms with van der Waals surface area (Å²) in [6, 6.07) is 3.18. The minimum atomic E-state index is -3.46. The number of hydrogen-bond donors (Lipinski definition) is 1. The first-order valence-electron chi connectivity index (χ1n) is 7.74. The Kier molecular flexibility index (Phi) is 7.47. The first kappa shape index (κ1) is 18.6. The van der Waals surface area contributed by atoms with Gasteiger partial charge in [-0.2, -0.15) is 9.41 Å². The first-order valence-corrected chi connectivity index (χ1v) is 9.18. The van der Waals surface area contributed by atoms with Crippen molar-refractivity contribution in [2.24, 2.45) is 11.0 Å². The van der Waals surface area contributed by atoms with E-state index in [4.69, 9.17) is 0 Å². The van der Waals surface area contributed by atoms with Crippen LogP contribution in [0.2, 0.25) is 0 Å². The summed E-state index contributed by atoms with van der Waals surface area (Å²) in [7, 11) is -3.46. The predicted molar refractivity (Wildman–Crippen MR) is 90.5 cm³/mol. The molecule has 0 fully saturated rings. The summed E-state index contributed by atoms with van der Waals surface area (Å²) in [5.41, 5.74) is 2.83. The van der Waals surface area contributed by atoms with E-state index < -0.39 is 10.0 Å². The topological polar surface area (TPSA) is 74.7 Å². The van der Waals surface area contributed by atoms with Gasteiger partial charge in [-0.3, -0.25) is 5.43 Å². The summed E-state index contributed by atoms with van der Waals surface area (Å²) < 4.78 is 26.1. The van der Waals surface area contributed by atoms with E-state index in [0.29, 0.717) is 24.8 Å². The lowest BCUT2D eigenvalue weighted by Crippen LogP contribution is -2.30. The summed E-state index contributed by atoms with van der Waals surface area (Å²) in [4.78, 5) is 4.31. The number of rotatable bonds is 9. The number of sulfonamides is 1. The number of aromatic nitrogens is 1. The maximum atomic E-state index is 12.3. The highest BCUT2D eigenvalue weighted by atomic mass is 32.2. The summed E-state index contributed by atoms with van der Waals surface area (Å²) in [6.07, 6.45) is 5.30. The van der Waals surface area contributed by atoms with Crippen LogP contribution in [0.5, 0.6) is 0 Å². The normalized spacial score (nSPS) is 12.5. The highest BCUT2D eigenvalue weighted by Crippen LogP contribution is 2.16. The van der Waals surface area contributed by atoms with Crippen LogP contribution in [0.3, 0.4) is 0 Å². The molecule has 0 radical (unpaired) electrons. The minimum absolute atomic E-state index is 0.200. The largest absolute Gasteiger partial charge is 0.262 e. The number of nitrogens with zero attached hydrogens (tertiary/aromatic N) is 3. The molecule has 0 aromatic carbocycles. The molecule has 1 N–H and O–H groups in total. The van der Waals surface area contributed by atoms with Gasteiger partial charge in [0.15, 0.2) is 0 Å². The molecule has 1 heterocycles. The van der Waals surface area contributed by atoms with Crippen molar-refractivity contribution in [3.05, 3.63) is 18.3 Å². The van der Waals surface area contributed by atoms with Crippen molar-refractivity contribution in [1.29, 1.82) is 0 Å². The van der Waals surface area contributed by atoms with E-state index in [0.717, 1.165) is 12.8 Å². The monoisotopic (exact) mass is 326 g/mol. The van der Waals surface area contributed by atoms with E-state index >= 15 is 0 Å². The standard InChI is InChI=1S/C15H26N4O2S/c1-5-13(6-2)11-17-18-15-10-9-14(12-16-15)22(20,21)19(7-3)8-4/h9-13H,5-8H2,1-4H3,(H,16,18)/b17-11+. The smallest absolute Gasteiger partial charge is 0.244 e. The summed E-state index contributed by atoms with van der Waals surface area (Å²) in [5, 5.41) is 4.15. The highest BCUT2D eigenvalue weighted by molar-refractivity contribution is 7.89. The minimum Gasteiger partial charge on any atom is -0.262 e. The van der Waals surface area contributed by atoms with Crippen LogP contribution in [0.15, 0.2) is 28.3 Å². The van der Waals surface area contributed by atoms with Crippen molar-refractivity contribution >= 4 is 22.1 Å². The molecule has 6 nitrogen and oxygen atoms in total. The zero-order chi connectivity index (χ0) is 16.6. The van der Waals surface area contributed by atoms with Gasteiger partial charge in [-0.05, 0) is 30.9 Å². The van der Waals surface area contributed by atoms with Crippen molar-refractivity contribution in [3.8, 4) is 0 Å². The van der Waals surface area contributed by atoms with Crippen LogP contribution in [-0.2, 0) is 10.0 Å². The molecule has 0 aliphatic heterocycles. The first-order chi connectivity index (χ1) is 10.5. The fraction of sp³-hybridized carbons (Fsp3) is 0.600. The average Bonchev–Trinajstić information content (AvgIpc) is 2.53. The molecular weight excluding hydrogens is 300 g/mol. The number of pyridine rings is 1. The molecule has 124 valence electrons. The van der Waals surface area contributed by atoms with Gasteiger partial charge in [-0.1, -0.05) is 27.7 Å². The van der Waals surface area contributed by atoms with Gasteiger partial charge >= 0.3 is 0 Å². The van der Waals surface area contributed by atoms with E-state index in [2.05, 4.69) is 29.4 Å². The maximum absolute atomic E-state index is 12.3. The van der Waals surface area contributed by atoms with E-state index in [-0.39, 0.29) is 4.90 Å². The van der Waals surface area contributed by atoms with Crippen LogP contribution in [0.25, 0.3) is 0 Å². The number of hydrogen-bond acceptors (Lipinski definition) is 5. The summed E-state index contributed by atoms with van der Waals surface area (Å²) in [6.45, 7) is 8.75. The lowest BCUT2D eigenvalue weighted by molar-refractivity contribution is 0.445. The van der Waals surface area contributed by atoms with Gasteiger partial charge in [-0.15, -0.1) is 0 Å². The Morgan fingerprint density at radius 1 is 1.23 bits per heavy atom. The maximum Gasteiger partial charge on any atom is 0.244 e. The second-order valence-corrected chi connectivity index (χ2v) is 6.87. The van der Waals surface area contributed by atoms with Crippen LogP contribution in [0, 0.1) is 5.92 Å². The predicted octanol–water partition coefficient (Wildman–Crippen LogP) is 2.95. The number of anilines is 1. The molecule has 1 aromatic heterocycles. The Morgan fingerprint density at radius 2 is 1.86 bits per heavy atom. The molecule has 1 rings (SSSR count). The van der Waals surface area contributed by atoms with Crippen molar-refractivity contribution in [3.63, 3.8) is 0 Å². The molecule has 0 spiro atoms. The van der Waals surface area contributed by atoms with Crippen molar-refractivity contribution in [2.75, 3.05) is 18.5 Å². The van der Waals surface area contributed by atoms with Gasteiger partial charge in [0.25, 0.3) is 0 Å². The third-order valence-corrected chi connectivity index (χ3v) is 5.63.